The Balaban J connectivity index is 0.00000131. The smallest absolute Gasteiger partial charge is 0.138 e. The highest BCUT2D eigenvalue weighted by atomic mass is 35.5. The lowest BCUT2D eigenvalue weighted by atomic mass is 9.84. The molecule has 4 nitrogen and oxygen atoms in total. The van der Waals surface area contributed by atoms with Crippen molar-refractivity contribution in [2.24, 2.45) is 5.92 Å². The molecule has 0 spiro atoms. The van der Waals surface area contributed by atoms with E-state index in [1.54, 1.807) is 6.20 Å². The molecule has 1 atom stereocenters. The van der Waals surface area contributed by atoms with Crippen molar-refractivity contribution in [3.63, 3.8) is 0 Å². The van der Waals surface area contributed by atoms with Crippen LogP contribution in [-0.2, 0) is 0 Å². The summed E-state index contributed by atoms with van der Waals surface area (Å²) in [7, 11) is 0. The van der Waals surface area contributed by atoms with Gasteiger partial charge in [0.2, 0.25) is 0 Å². The van der Waals surface area contributed by atoms with Gasteiger partial charge in [0.15, 0.2) is 0 Å². The first-order chi connectivity index (χ1) is 12.2. The van der Waals surface area contributed by atoms with E-state index in [1.807, 2.05) is 24.4 Å². The predicted molar refractivity (Wildman–Crippen MR) is 108 cm³/mol. The second-order valence-corrected chi connectivity index (χ2v) is 7.43. The van der Waals surface area contributed by atoms with E-state index in [9.17, 15) is 0 Å². The van der Waals surface area contributed by atoms with Crippen LogP contribution in [0.15, 0.2) is 36.7 Å². The molecule has 0 aromatic carbocycles. The molecule has 0 unspecified atom stereocenters. The molecular formula is C20H27ClN4. The van der Waals surface area contributed by atoms with Crippen LogP contribution in [0.25, 0.3) is 22.3 Å². The van der Waals surface area contributed by atoms with Gasteiger partial charge in [0.1, 0.15) is 11.5 Å². The number of halogens is 1. The number of pyridine rings is 2. The van der Waals surface area contributed by atoms with Crippen molar-refractivity contribution >= 4 is 28.5 Å². The van der Waals surface area contributed by atoms with Crippen LogP contribution in [0.2, 0.25) is 5.02 Å². The minimum Gasteiger partial charge on any atom is -0.367 e. The molecule has 0 amide bonds. The maximum absolute atomic E-state index is 6.11. The van der Waals surface area contributed by atoms with Gasteiger partial charge < -0.3 is 10.3 Å². The maximum Gasteiger partial charge on any atom is 0.138 e. The topological polar surface area (TPSA) is 53.6 Å². The van der Waals surface area contributed by atoms with Crippen LogP contribution >= 0.6 is 11.6 Å². The number of H-pyrrole nitrogens is 1. The molecule has 3 aromatic heterocycles. The van der Waals surface area contributed by atoms with Crippen molar-refractivity contribution in [1.29, 1.82) is 0 Å². The second kappa shape index (κ2) is 7.04. The fourth-order valence-electron chi connectivity index (χ4n) is 3.84. The van der Waals surface area contributed by atoms with Gasteiger partial charge >= 0.3 is 0 Å². The number of hydrogen-bond acceptors (Lipinski definition) is 3. The SMILES string of the molecule is C[C@@H](Nc1cccc(-c2c[nH]c3ncc(Cl)cc23)n1)C1CCCCC1.[HH].[HH]. The molecule has 1 aliphatic carbocycles. The molecule has 0 bridgehead atoms. The van der Waals surface area contributed by atoms with Crippen molar-refractivity contribution in [3.8, 4) is 11.3 Å². The molecule has 5 heteroatoms. The van der Waals surface area contributed by atoms with Gasteiger partial charge in [-0.2, -0.15) is 0 Å². The lowest BCUT2D eigenvalue weighted by Gasteiger charge is -2.28. The van der Waals surface area contributed by atoms with E-state index in [0.717, 1.165) is 34.0 Å². The molecule has 1 saturated carbocycles. The van der Waals surface area contributed by atoms with Crippen LogP contribution in [0.3, 0.4) is 0 Å². The number of rotatable bonds is 4. The fraction of sp³-hybridized carbons (Fsp3) is 0.400. The molecule has 0 saturated heterocycles. The molecule has 3 heterocycles. The predicted octanol–water partition coefficient (Wildman–Crippen LogP) is 6.15. The van der Waals surface area contributed by atoms with Gasteiger partial charge in [0, 0.05) is 32.2 Å². The normalized spacial score (nSPS) is 16.9. The molecule has 1 fully saturated rings. The van der Waals surface area contributed by atoms with Gasteiger partial charge in [-0.15, -0.1) is 0 Å². The van der Waals surface area contributed by atoms with Crippen LogP contribution in [-0.4, -0.2) is 21.0 Å². The maximum atomic E-state index is 6.11. The van der Waals surface area contributed by atoms with E-state index in [4.69, 9.17) is 16.6 Å². The Kier molecular flexibility index (Phi) is 4.62. The molecule has 1 aliphatic rings. The Bertz CT molecular complexity index is 877. The molecule has 4 rings (SSSR count). The van der Waals surface area contributed by atoms with Crippen molar-refractivity contribution in [3.05, 3.63) is 41.7 Å². The van der Waals surface area contributed by atoms with Crippen LogP contribution < -0.4 is 5.32 Å². The van der Waals surface area contributed by atoms with E-state index in [-0.39, 0.29) is 2.85 Å². The minimum absolute atomic E-state index is 0. The third-order valence-electron chi connectivity index (χ3n) is 5.26. The molecule has 134 valence electrons. The number of anilines is 1. The zero-order valence-corrected chi connectivity index (χ0v) is 15.2. The Morgan fingerprint density at radius 2 is 2.12 bits per heavy atom. The standard InChI is InChI=1S/C20H23ClN4.2H2/c1-13(14-6-3-2-4-7-14)24-19-9-5-8-18(25-19)17-12-23-20-16(17)10-15(21)11-22-20;;/h5,8-14H,2-4,6-7H2,1H3,(H,22,23)(H,24,25);2*1H/t13-;;/m1../s1. The summed E-state index contributed by atoms with van der Waals surface area (Å²) >= 11 is 6.11. The zero-order valence-electron chi connectivity index (χ0n) is 14.4. The summed E-state index contributed by atoms with van der Waals surface area (Å²) in [5.41, 5.74) is 2.78. The number of aromatic amines is 1. The highest BCUT2D eigenvalue weighted by molar-refractivity contribution is 6.31. The highest BCUT2D eigenvalue weighted by Crippen LogP contribution is 2.30. The molecular weight excluding hydrogens is 332 g/mol. The zero-order chi connectivity index (χ0) is 17.2. The van der Waals surface area contributed by atoms with Crippen LogP contribution in [0.4, 0.5) is 5.82 Å². The van der Waals surface area contributed by atoms with Gasteiger partial charge in [-0.3, -0.25) is 0 Å². The summed E-state index contributed by atoms with van der Waals surface area (Å²) in [4.78, 5) is 12.4. The van der Waals surface area contributed by atoms with Gasteiger partial charge in [-0.25, -0.2) is 9.97 Å². The Hall–Kier alpha value is -2.07. The highest BCUT2D eigenvalue weighted by Gasteiger charge is 2.20. The largest absolute Gasteiger partial charge is 0.367 e. The lowest BCUT2D eigenvalue weighted by Crippen LogP contribution is -2.28. The van der Waals surface area contributed by atoms with Crippen LogP contribution in [0, 0.1) is 5.92 Å². The Labute approximate surface area is 156 Å². The van der Waals surface area contributed by atoms with Crippen molar-refractivity contribution in [2.75, 3.05) is 5.32 Å². The summed E-state index contributed by atoms with van der Waals surface area (Å²) < 4.78 is 0. The molecule has 25 heavy (non-hydrogen) atoms. The monoisotopic (exact) mass is 358 g/mol. The van der Waals surface area contributed by atoms with Crippen molar-refractivity contribution in [2.45, 2.75) is 45.1 Å². The quantitative estimate of drug-likeness (QED) is 0.588. The number of nitrogens with zero attached hydrogens (tertiary/aromatic N) is 2. The van der Waals surface area contributed by atoms with E-state index in [0.29, 0.717) is 11.1 Å². The number of hydrogen-bond donors (Lipinski definition) is 2. The summed E-state index contributed by atoms with van der Waals surface area (Å²) in [6.45, 7) is 2.28. The summed E-state index contributed by atoms with van der Waals surface area (Å²) in [5, 5.41) is 5.24. The number of nitrogens with one attached hydrogen (secondary N) is 2. The first-order valence-corrected chi connectivity index (χ1v) is 9.45. The fourth-order valence-corrected chi connectivity index (χ4v) is 4.00. The summed E-state index contributed by atoms with van der Waals surface area (Å²) in [6.07, 6.45) is 10.3. The second-order valence-electron chi connectivity index (χ2n) is 6.99. The first-order valence-electron chi connectivity index (χ1n) is 9.07. The number of fused-ring (bicyclic) bond motifs is 1. The third kappa shape index (κ3) is 3.49. The van der Waals surface area contributed by atoms with E-state index < -0.39 is 0 Å². The summed E-state index contributed by atoms with van der Waals surface area (Å²) in [6, 6.07) is 8.50. The minimum atomic E-state index is 0. The molecule has 3 aromatic rings. The van der Waals surface area contributed by atoms with Crippen LogP contribution in [0.5, 0.6) is 0 Å². The molecule has 0 aliphatic heterocycles. The van der Waals surface area contributed by atoms with Gasteiger partial charge in [-0.1, -0.05) is 36.9 Å². The van der Waals surface area contributed by atoms with E-state index in [2.05, 4.69) is 28.3 Å². The van der Waals surface area contributed by atoms with Crippen molar-refractivity contribution < 1.29 is 2.85 Å². The van der Waals surface area contributed by atoms with Crippen LogP contribution in [0.1, 0.15) is 41.9 Å². The molecule has 0 radical (unpaired) electrons. The van der Waals surface area contributed by atoms with Gasteiger partial charge in [0.25, 0.3) is 0 Å². The average Bonchev–Trinajstić information content (AvgIpc) is 3.05. The van der Waals surface area contributed by atoms with Crippen molar-refractivity contribution in [1.82, 2.24) is 15.0 Å². The lowest BCUT2D eigenvalue weighted by molar-refractivity contribution is 0.328. The van der Waals surface area contributed by atoms with E-state index >= 15 is 0 Å². The van der Waals surface area contributed by atoms with Gasteiger partial charge in [0.05, 0.1) is 10.7 Å². The Morgan fingerprint density at radius 3 is 2.96 bits per heavy atom. The summed E-state index contributed by atoms with van der Waals surface area (Å²) in [5.74, 6) is 1.68. The van der Waals surface area contributed by atoms with E-state index in [1.165, 1.54) is 32.1 Å². The number of aromatic nitrogens is 3. The van der Waals surface area contributed by atoms with Gasteiger partial charge in [-0.05, 0) is 43.9 Å². The molecule has 2 N–H and O–H groups in total. The average molecular weight is 359 g/mol. The first kappa shape index (κ1) is 16.4. The third-order valence-corrected chi connectivity index (χ3v) is 5.46. The Morgan fingerprint density at radius 1 is 1.28 bits per heavy atom.